The first kappa shape index (κ1) is 16.0. The molecule has 0 saturated heterocycles. The van der Waals surface area contributed by atoms with Gasteiger partial charge in [-0.25, -0.2) is 4.79 Å². The topological polar surface area (TPSA) is 92.8 Å². The molecule has 0 aliphatic rings. The fraction of sp³-hybridized carbons (Fsp3) is 0.462. The summed E-state index contributed by atoms with van der Waals surface area (Å²) in [4.78, 5) is 12.0. The summed E-state index contributed by atoms with van der Waals surface area (Å²) in [5, 5.41) is 18.2. The Morgan fingerprint density at radius 2 is 2.00 bits per heavy atom. The smallest absolute Gasteiger partial charge is 0.333 e. The van der Waals surface area contributed by atoms with Crippen molar-refractivity contribution in [2.24, 2.45) is 5.73 Å². The molecule has 0 radical (unpaired) electrons. The van der Waals surface area contributed by atoms with Gasteiger partial charge in [0.25, 0.3) is 0 Å². The van der Waals surface area contributed by atoms with Crippen LogP contribution in [0.4, 0.5) is 0 Å². The van der Waals surface area contributed by atoms with Gasteiger partial charge in [0.15, 0.2) is 0 Å². The predicted molar refractivity (Wildman–Crippen MR) is 75.0 cm³/mol. The largest absolute Gasteiger partial charge is 0.425 e. The Morgan fingerprint density at radius 1 is 1.37 bits per heavy atom. The van der Waals surface area contributed by atoms with E-state index in [-0.39, 0.29) is 6.61 Å². The third kappa shape index (κ3) is 4.50. The van der Waals surface area contributed by atoms with Crippen LogP contribution in [0.25, 0.3) is 0 Å². The molecule has 0 heterocycles. The second-order valence-corrected chi connectivity index (χ2v) is 5.23. The highest BCUT2D eigenvalue weighted by molar-refractivity contribution is 7.98. The van der Waals surface area contributed by atoms with Gasteiger partial charge >= 0.3 is 5.97 Å². The van der Waals surface area contributed by atoms with Crippen LogP contribution in [0.2, 0.25) is 0 Å². The predicted octanol–water partition coefficient (Wildman–Crippen LogP) is 0.527. The average Bonchev–Trinajstić information content (AvgIpc) is 2.45. The van der Waals surface area contributed by atoms with Crippen LogP contribution >= 0.6 is 11.8 Å². The molecule has 0 bridgehead atoms. The van der Waals surface area contributed by atoms with Gasteiger partial charge in [0.1, 0.15) is 11.3 Å². The molecule has 1 aromatic rings. The maximum Gasteiger partial charge on any atom is 0.333 e. The second kappa shape index (κ2) is 7.49. The molecule has 0 saturated carbocycles. The van der Waals surface area contributed by atoms with Crippen molar-refractivity contribution in [1.29, 1.82) is 0 Å². The Hall–Kier alpha value is -1.08. The van der Waals surface area contributed by atoms with Crippen LogP contribution in [0.1, 0.15) is 12.0 Å². The zero-order valence-electron chi connectivity index (χ0n) is 10.8. The molecule has 19 heavy (non-hydrogen) atoms. The lowest BCUT2D eigenvalue weighted by Gasteiger charge is -2.24. The number of aliphatic hydroxyl groups excluding tert-OH is 2. The summed E-state index contributed by atoms with van der Waals surface area (Å²) in [5.74, 6) is 0.353. The zero-order chi connectivity index (χ0) is 14.3. The van der Waals surface area contributed by atoms with Crippen LogP contribution in [0.15, 0.2) is 24.3 Å². The molecule has 6 heteroatoms. The number of benzene rings is 1. The molecule has 5 nitrogen and oxygen atoms in total. The molecule has 1 rings (SSSR count). The molecule has 1 unspecified atom stereocenters. The van der Waals surface area contributed by atoms with Crippen LogP contribution in [0.5, 0.6) is 5.75 Å². The maximum absolute atomic E-state index is 12.0. The summed E-state index contributed by atoms with van der Waals surface area (Å²) in [6.07, 6.45) is 2.25. The van der Waals surface area contributed by atoms with Crippen molar-refractivity contribution in [2.75, 3.05) is 18.6 Å². The van der Waals surface area contributed by atoms with Crippen molar-refractivity contribution < 1.29 is 19.7 Å². The summed E-state index contributed by atoms with van der Waals surface area (Å²) in [7, 11) is 0. The summed E-state index contributed by atoms with van der Waals surface area (Å²) in [6, 6.07) is 6.47. The summed E-state index contributed by atoms with van der Waals surface area (Å²) < 4.78 is 5.15. The number of esters is 1. The first-order valence-electron chi connectivity index (χ1n) is 5.86. The van der Waals surface area contributed by atoms with E-state index in [2.05, 4.69) is 0 Å². The number of carbonyl (C=O) groups is 1. The second-order valence-electron chi connectivity index (χ2n) is 4.25. The number of hydrogen-bond acceptors (Lipinski definition) is 6. The van der Waals surface area contributed by atoms with Crippen LogP contribution < -0.4 is 10.5 Å². The lowest BCUT2D eigenvalue weighted by atomic mass is 9.99. The van der Waals surface area contributed by atoms with Gasteiger partial charge in [0, 0.05) is 0 Å². The van der Waals surface area contributed by atoms with Crippen LogP contribution in [0.3, 0.4) is 0 Å². The van der Waals surface area contributed by atoms with E-state index >= 15 is 0 Å². The molecule has 0 fully saturated rings. The Labute approximate surface area is 116 Å². The molecule has 4 N–H and O–H groups in total. The highest BCUT2D eigenvalue weighted by Gasteiger charge is 2.35. The van der Waals surface area contributed by atoms with E-state index in [1.165, 1.54) is 0 Å². The third-order valence-corrected chi connectivity index (χ3v) is 3.37. The monoisotopic (exact) mass is 285 g/mol. The van der Waals surface area contributed by atoms with E-state index in [9.17, 15) is 9.90 Å². The number of hydrogen-bond donors (Lipinski definition) is 3. The minimum Gasteiger partial charge on any atom is -0.425 e. The Morgan fingerprint density at radius 3 is 2.47 bits per heavy atom. The summed E-state index contributed by atoms with van der Waals surface area (Å²) in [5.41, 5.74) is 5.20. The fourth-order valence-electron chi connectivity index (χ4n) is 1.40. The molecule has 0 amide bonds. The number of aliphatic hydroxyl groups is 2. The molecular weight excluding hydrogens is 266 g/mol. The lowest BCUT2D eigenvalue weighted by Crippen LogP contribution is -2.53. The van der Waals surface area contributed by atoms with E-state index in [1.807, 2.05) is 6.26 Å². The molecule has 0 spiro atoms. The molecule has 1 atom stereocenters. The molecule has 1 aromatic carbocycles. The Balaban J connectivity index is 2.70. The van der Waals surface area contributed by atoms with Crippen LogP contribution in [-0.4, -0.2) is 40.3 Å². The number of rotatable bonds is 7. The van der Waals surface area contributed by atoms with Crippen molar-refractivity contribution in [1.82, 2.24) is 0 Å². The minimum absolute atomic E-state index is 0.0700. The van der Waals surface area contributed by atoms with Gasteiger partial charge in [-0.2, -0.15) is 11.8 Å². The highest BCUT2D eigenvalue weighted by atomic mass is 32.2. The van der Waals surface area contributed by atoms with Crippen molar-refractivity contribution in [3.05, 3.63) is 29.8 Å². The van der Waals surface area contributed by atoms with Gasteiger partial charge in [-0.15, -0.1) is 0 Å². The van der Waals surface area contributed by atoms with E-state index in [4.69, 9.17) is 15.6 Å². The summed E-state index contributed by atoms with van der Waals surface area (Å²) >= 11 is 1.55. The zero-order valence-corrected chi connectivity index (χ0v) is 11.7. The average molecular weight is 285 g/mol. The highest BCUT2D eigenvalue weighted by Crippen LogP contribution is 2.17. The lowest BCUT2D eigenvalue weighted by molar-refractivity contribution is -0.142. The molecule has 106 valence electrons. The fourth-order valence-corrected chi connectivity index (χ4v) is 1.97. The van der Waals surface area contributed by atoms with Gasteiger partial charge in [-0.05, 0) is 36.1 Å². The SMILES string of the molecule is CSCCC(N)(CO)C(=O)Oc1ccc(CO)cc1. The first-order chi connectivity index (χ1) is 9.05. The number of nitrogens with two attached hydrogens (primary N) is 1. The molecule has 0 aromatic heterocycles. The van der Waals surface area contributed by atoms with Crippen molar-refractivity contribution in [3.8, 4) is 5.75 Å². The van der Waals surface area contributed by atoms with Crippen molar-refractivity contribution in [3.63, 3.8) is 0 Å². The van der Waals surface area contributed by atoms with E-state index in [1.54, 1.807) is 36.0 Å². The summed E-state index contributed by atoms with van der Waals surface area (Å²) in [6.45, 7) is -0.527. The van der Waals surface area contributed by atoms with Crippen molar-refractivity contribution in [2.45, 2.75) is 18.6 Å². The van der Waals surface area contributed by atoms with Crippen molar-refractivity contribution >= 4 is 17.7 Å². The van der Waals surface area contributed by atoms with E-state index in [0.29, 0.717) is 17.9 Å². The molecule has 0 aliphatic carbocycles. The quantitative estimate of drug-likeness (QED) is 0.500. The van der Waals surface area contributed by atoms with E-state index in [0.717, 1.165) is 5.56 Å². The maximum atomic E-state index is 12.0. The van der Waals surface area contributed by atoms with E-state index < -0.39 is 18.1 Å². The van der Waals surface area contributed by atoms with Gasteiger partial charge < -0.3 is 20.7 Å². The van der Waals surface area contributed by atoms with Gasteiger partial charge in [-0.3, -0.25) is 0 Å². The standard InChI is InChI=1S/C13H19NO4S/c1-19-7-6-13(14,9-16)12(17)18-11-4-2-10(8-15)3-5-11/h2-5,15-16H,6-9,14H2,1H3. The van der Waals surface area contributed by atoms with Gasteiger partial charge in [-0.1, -0.05) is 12.1 Å². The Bertz CT molecular complexity index is 410. The number of thioether (sulfide) groups is 1. The van der Waals surface area contributed by atoms with Crippen LogP contribution in [0, 0.1) is 0 Å². The first-order valence-corrected chi connectivity index (χ1v) is 7.26. The normalized spacial score (nSPS) is 13.9. The number of ether oxygens (including phenoxy) is 1. The van der Waals surface area contributed by atoms with Gasteiger partial charge in [0.05, 0.1) is 13.2 Å². The Kier molecular flexibility index (Phi) is 6.30. The minimum atomic E-state index is -1.38. The van der Waals surface area contributed by atoms with Crippen LogP contribution in [-0.2, 0) is 11.4 Å². The van der Waals surface area contributed by atoms with Gasteiger partial charge in [0.2, 0.25) is 0 Å². The number of carbonyl (C=O) groups excluding carboxylic acids is 1. The molecular formula is C13H19NO4S. The third-order valence-electron chi connectivity index (χ3n) is 2.76. The molecule has 0 aliphatic heterocycles.